The molecular weight excluding hydrogens is 265 g/mol. The molecule has 108 valence electrons. The van der Waals surface area contributed by atoms with Gasteiger partial charge in [0.2, 0.25) is 0 Å². The zero-order valence-corrected chi connectivity index (χ0v) is 13.9. The fraction of sp³-hybridized carbons (Fsp3) is 0.353. The van der Waals surface area contributed by atoms with Crippen LogP contribution in [0.2, 0.25) is 0 Å². The Morgan fingerprint density at radius 2 is 1.80 bits per heavy atom. The molecule has 0 aliphatic rings. The summed E-state index contributed by atoms with van der Waals surface area (Å²) < 4.78 is 0. The molecule has 1 N–H and O–H groups in total. The first-order valence-electron chi connectivity index (χ1n) is 6.90. The van der Waals surface area contributed by atoms with Gasteiger partial charge < -0.3 is 5.11 Å². The smallest absolute Gasteiger partial charge is 0.0708 e. The second kappa shape index (κ2) is 8.14. The molecule has 0 saturated carbocycles. The number of hydrogen-bond acceptors (Lipinski definition) is 2. The number of rotatable bonds is 3. The minimum Gasteiger partial charge on any atom is -0.400 e. The minimum atomic E-state index is 0.569. The van der Waals surface area contributed by atoms with Crippen molar-refractivity contribution in [1.82, 2.24) is 4.98 Å². The molecule has 2 rings (SSSR count). The summed E-state index contributed by atoms with van der Waals surface area (Å²) in [6.07, 6.45) is 1.15. The van der Waals surface area contributed by atoms with Crippen LogP contribution >= 0.6 is 9.24 Å². The Hall–Kier alpha value is -1.24. The van der Waals surface area contributed by atoms with Crippen molar-refractivity contribution in [2.75, 3.05) is 7.11 Å². The van der Waals surface area contributed by atoms with E-state index in [0.717, 1.165) is 24.9 Å². The lowest BCUT2D eigenvalue weighted by Gasteiger charge is -2.15. The average Bonchev–Trinajstić information content (AvgIpc) is 2.51. The normalized spacial score (nSPS) is 11.5. The van der Waals surface area contributed by atoms with Crippen LogP contribution in [0.15, 0.2) is 36.4 Å². The molecule has 1 aromatic carbocycles. The topological polar surface area (TPSA) is 33.1 Å². The van der Waals surface area contributed by atoms with Crippen molar-refractivity contribution in [2.45, 2.75) is 33.1 Å². The predicted octanol–water partition coefficient (Wildman–Crippen LogP) is 3.68. The van der Waals surface area contributed by atoms with Gasteiger partial charge in [-0.2, -0.15) is 0 Å². The van der Waals surface area contributed by atoms with E-state index in [1.54, 1.807) is 0 Å². The van der Waals surface area contributed by atoms with Gasteiger partial charge in [0, 0.05) is 18.4 Å². The van der Waals surface area contributed by atoms with Crippen molar-refractivity contribution >= 4 is 14.5 Å². The van der Waals surface area contributed by atoms with E-state index in [9.17, 15) is 0 Å². The van der Waals surface area contributed by atoms with Gasteiger partial charge in [0.1, 0.15) is 0 Å². The molecule has 3 heteroatoms. The molecule has 0 fully saturated rings. The Kier molecular flexibility index (Phi) is 6.84. The second-order valence-corrected chi connectivity index (χ2v) is 5.39. The number of hydrogen-bond donors (Lipinski definition) is 1. The molecule has 2 aromatic rings. The minimum absolute atomic E-state index is 0.569. The molecule has 20 heavy (non-hydrogen) atoms. The van der Waals surface area contributed by atoms with E-state index in [-0.39, 0.29) is 0 Å². The molecule has 0 aliphatic carbocycles. The fourth-order valence-corrected chi connectivity index (χ4v) is 2.26. The summed E-state index contributed by atoms with van der Waals surface area (Å²) in [6, 6.07) is 12.8. The van der Waals surface area contributed by atoms with Crippen molar-refractivity contribution in [1.29, 1.82) is 0 Å². The monoisotopic (exact) mass is 289 g/mol. The molecular formula is C17H24NOP. The highest BCUT2D eigenvalue weighted by molar-refractivity contribution is 7.27. The summed E-state index contributed by atoms with van der Waals surface area (Å²) in [5.74, 6) is 0.569. The van der Waals surface area contributed by atoms with Crippen LogP contribution in [0.1, 0.15) is 37.4 Å². The van der Waals surface area contributed by atoms with E-state index < -0.39 is 0 Å². The van der Waals surface area contributed by atoms with Crippen LogP contribution in [0.5, 0.6) is 0 Å². The molecule has 2 nitrogen and oxygen atoms in total. The van der Waals surface area contributed by atoms with Crippen LogP contribution in [0.4, 0.5) is 0 Å². The molecule has 2 atom stereocenters. The Balaban J connectivity index is 0.000000956. The van der Waals surface area contributed by atoms with E-state index in [0.29, 0.717) is 5.92 Å². The third-order valence-corrected chi connectivity index (χ3v) is 4.12. The van der Waals surface area contributed by atoms with Gasteiger partial charge in [0.15, 0.2) is 0 Å². The number of nitrogens with zero attached hydrogens (tertiary/aromatic N) is 1. The molecule has 0 aliphatic heterocycles. The van der Waals surface area contributed by atoms with Crippen molar-refractivity contribution in [3.8, 4) is 11.3 Å². The first-order chi connectivity index (χ1) is 9.63. The van der Waals surface area contributed by atoms with E-state index in [2.05, 4.69) is 66.4 Å². The number of benzene rings is 1. The lowest BCUT2D eigenvalue weighted by molar-refractivity contribution is 0.399. The number of pyridine rings is 1. The molecule has 0 bridgehead atoms. The number of aromatic nitrogens is 1. The van der Waals surface area contributed by atoms with Crippen LogP contribution in [-0.4, -0.2) is 17.2 Å². The lowest BCUT2D eigenvalue weighted by Crippen LogP contribution is -2.02. The molecule has 0 amide bonds. The highest BCUT2D eigenvalue weighted by Gasteiger charge is 2.11. The van der Waals surface area contributed by atoms with Crippen molar-refractivity contribution in [3.63, 3.8) is 0 Å². The second-order valence-electron chi connectivity index (χ2n) is 4.77. The molecule has 1 heterocycles. The van der Waals surface area contributed by atoms with Gasteiger partial charge in [-0.15, -0.1) is 9.24 Å². The SMILES string of the molecule is CCC(C)c1ccccc1-c1ccc(P)c(C)n1.CO. The third-order valence-electron chi connectivity index (χ3n) is 3.51. The van der Waals surface area contributed by atoms with Gasteiger partial charge in [-0.25, -0.2) is 0 Å². The largest absolute Gasteiger partial charge is 0.400 e. The van der Waals surface area contributed by atoms with Crippen molar-refractivity contribution in [2.24, 2.45) is 0 Å². The average molecular weight is 289 g/mol. The maximum Gasteiger partial charge on any atom is 0.0708 e. The number of aliphatic hydroxyl groups is 1. The summed E-state index contributed by atoms with van der Waals surface area (Å²) in [4.78, 5) is 4.70. The van der Waals surface area contributed by atoms with Gasteiger partial charge in [0.05, 0.1) is 5.69 Å². The lowest BCUT2D eigenvalue weighted by atomic mass is 9.92. The van der Waals surface area contributed by atoms with Gasteiger partial charge in [-0.05, 0) is 36.2 Å². The maximum absolute atomic E-state index is 7.00. The van der Waals surface area contributed by atoms with Gasteiger partial charge in [0.25, 0.3) is 0 Å². The summed E-state index contributed by atoms with van der Waals surface area (Å²) in [6.45, 7) is 6.55. The van der Waals surface area contributed by atoms with Gasteiger partial charge in [-0.3, -0.25) is 4.98 Å². The van der Waals surface area contributed by atoms with E-state index in [1.807, 2.05) is 0 Å². The molecule has 0 saturated heterocycles. The van der Waals surface area contributed by atoms with E-state index in [1.165, 1.54) is 16.4 Å². The predicted molar refractivity (Wildman–Crippen MR) is 90.6 cm³/mol. The molecule has 1 aromatic heterocycles. The Bertz CT molecular complexity index is 554. The summed E-state index contributed by atoms with van der Waals surface area (Å²) in [5.41, 5.74) is 4.81. The fourth-order valence-electron chi connectivity index (χ4n) is 2.10. The highest BCUT2D eigenvalue weighted by Crippen LogP contribution is 2.29. The van der Waals surface area contributed by atoms with E-state index in [4.69, 9.17) is 10.1 Å². The van der Waals surface area contributed by atoms with Crippen LogP contribution in [0.3, 0.4) is 0 Å². The van der Waals surface area contributed by atoms with Crippen molar-refractivity contribution in [3.05, 3.63) is 47.7 Å². The number of aryl methyl sites for hydroxylation is 1. The standard InChI is InChI=1S/C16H20NP.CH4O/c1-4-11(2)13-7-5-6-8-14(13)15-9-10-16(18)12(3)17-15;1-2/h5-11H,4,18H2,1-3H3;2H,1H3. The maximum atomic E-state index is 7.00. The van der Waals surface area contributed by atoms with Crippen LogP contribution in [0, 0.1) is 6.92 Å². The molecule has 0 radical (unpaired) electrons. The quantitative estimate of drug-likeness (QED) is 0.874. The summed E-state index contributed by atoms with van der Waals surface area (Å²) in [5, 5.41) is 8.17. The molecule has 2 unspecified atom stereocenters. The van der Waals surface area contributed by atoms with Crippen LogP contribution in [0.25, 0.3) is 11.3 Å². The van der Waals surface area contributed by atoms with Crippen molar-refractivity contribution < 1.29 is 5.11 Å². The summed E-state index contributed by atoms with van der Waals surface area (Å²) >= 11 is 0. The third kappa shape index (κ3) is 3.88. The van der Waals surface area contributed by atoms with Gasteiger partial charge >= 0.3 is 0 Å². The van der Waals surface area contributed by atoms with Gasteiger partial charge in [-0.1, -0.05) is 44.2 Å². The zero-order chi connectivity index (χ0) is 15.1. The zero-order valence-electron chi connectivity index (χ0n) is 12.7. The number of aliphatic hydroxyl groups excluding tert-OH is 1. The Morgan fingerprint density at radius 3 is 2.40 bits per heavy atom. The summed E-state index contributed by atoms with van der Waals surface area (Å²) in [7, 11) is 3.72. The molecule has 0 spiro atoms. The van der Waals surface area contributed by atoms with Crippen LogP contribution in [-0.2, 0) is 0 Å². The first kappa shape index (κ1) is 16.8. The first-order valence-corrected chi connectivity index (χ1v) is 7.48. The highest BCUT2D eigenvalue weighted by atomic mass is 31.0. The Labute approximate surface area is 124 Å². The van der Waals surface area contributed by atoms with Crippen LogP contribution < -0.4 is 5.30 Å². The van der Waals surface area contributed by atoms with E-state index >= 15 is 0 Å². The Morgan fingerprint density at radius 1 is 1.15 bits per heavy atom.